The van der Waals surface area contributed by atoms with Crippen LogP contribution in [0.3, 0.4) is 0 Å². The lowest BCUT2D eigenvalue weighted by atomic mass is 10.2. The van der Waals surface area contributed by atoms with E-state index >= 15 is 0 Å². The van der Waals surface area contributed by atoms with Gasteiger partial charge in [0, 0.05) is 13.3 Å². The fourth-order valence-corrected chi connectivity index (χ4v) is 0.247. The Balaban J connectivity index is 2.81. The summed E-state index contributed by atoms with van der Waals surface area (Å²) < 4.78 is 0. The zero-order chi connectivity index (χ0) is 5.70. The van der Waals surface area contributed by atoms with Gasteiger partial charge in [-0.3, -0.25) is 0 Å². The van der Waals surface area contributed by atoms with E-state index in [0.29, 0.717) is 5.92 Å². The second-order valence-electron chi connectivity index (χ2n) is 1.91. The second kappa shape index (κ2) is 3.65. The van der Waals surface area contributed by atoms with Crippen LogP contribution in [0.4, 0.5) is 0 Å². The first-order valence-electron chi connectivity index (χ1n) is 2.46. The molecule has 0 aromatic rings. The third-order valence-electron chi connectivity index (χ3n) is 0.611. The minimum absolute atomic E-state index is 0.658. The van der Waals surface area contributed by atoms with Gasteiger partial charge in [-0.2, -0.15) is 5.10 Å². The van der Waals surface area contributed by atoms with Gasteiger partial charge in [0.2, 0.25) is 0 Å². The standard InChI is InChI=1S/C5H12N2/c1-5(2)4-7-6-3/h5,7H,3-4H2,1-2H3. The molecule has 2 nitrogen and oxygen atoms in total. The third kappa shape index (κ3) is 5.47. The van der Waals surface area contributed by atoms with Crippen LogP contribution in [0.5, 0.6) is 0 Å². The summed E-state index contributed by atoms with van der Waals surface area (Å²) in [7, 11) is 0. The highest BCUT2D eigenvalue weighted by atomic mass is 15.3. The molecule has 0 bridgehead atoms. The monoisotopic (exact) mass is 100 g/mol. The molecule has 1 N–H and O–H groups in total. The number of hydrogen-bond donors (Lipinski definition) is 1. The van der Waals surface area contributed by atoms with E-state index in [1.54, 1.807) is 0 Å². The molecule has 0 heterocycles. The van der Waals surface area contributed by atoms with Gasteiger partial charge in [-0.15, -0.1) is 0 Å². The first kappa shape index (κ1) is 6.47. The Morgan fingerprint density at radius 1 is 1.71 bits per heavy atom. The maximum Gasteiger partial charge on any atom is 0.0352 e. The van der Waals surface area contributed by atoms with Crippen LogP contribution in [0, 0.1) is 5.92 Å². The van der Waals surface area contributed by atoms with Crippen LogP contribution >= 0.6 is 0 Å². The van der Waals surface area contributed by atoms with Crippen molar-refractivity contribution in [3.63, 3.8) is 0 Å². The lowest BCUT2D eigenvalue weighted by molar-refractivity contribution is 0.572. The van der Waals surface area contributed by atoms with E-state index in [4.69, 9.17) is 0 Å². The Labute approximate surface area is 44.6 Å². The van der Waals surface area contributed by atoms with E-state index in [-0.39, 0.29) is 0 Å². The average molecular weight is 100 g/mol. The van der Waals surface area contributed by atoms with Crippen LogP contribution in [0.1, 0.15) is 13.8 Å². The van der Waals surface area contributed by atoms with Crippen LogP contribution in [0.2, 0.25) is 0 Å². The summed E-state index contributed by atoms with van der Waals surface area (Å²) in [6, 6.07) is 0. The highest BCUT2D eigenvalue weighted by Crippen LogP contribution is 1.84. The van der Waals surface area contributed by atoms with Crippen molar-refractivity contribution in [2.45, 2.75) is 13.8 Å². The van der Waals surface area contributed by atoms with Gasteiger partial charge in [-0.25, -0.2) is 0 Å². The first-order chi connectivity index (χ1) is 3.27. The van der Waals surface area contributed by atoms with Crippen molar-refractivity contribution in [2.75, 3.05) is 6.54 Å². The number of nitrogens with one attached hydrogen (secondary N) is 1. The van der Waals surface area contributed by atoms with E-state index in [2.05, 4.69) is 31.1 Å². The van der Waals surface area contributed by atoms with Crippen LogP contribution in [-0.2, 0) is 0 Å². The van der Waals surface area contributed by atoms with Crippen molar-refractivity contribution in [3.05, 3.63) is 0 Å². The van der Waals surface area contributed by atoms with Gasteiger partial charge in [-0.05, 0) is 5.92 Å². The molecule has 0 fully saturated rings. The molecule has 7 heavy (non-hydrogen) atoms. The van der Waals surface area contributed by atoms with Gasteiger partial charge in [0.25, 0.3) is 0 Å². The molecule has 0 atom stereocenters. The zero-order valence-corrected chi connectivity index (χ0v) is 4.94. The van der Waals surface area contributed by atoms with Crippen LogP contribution in [0.25, 0.3) is 0 Å². The molecule has 0 unspecified atom stereocenters. The fourth-order valence-electron chi connectivity index (χ4n) is 0.247. The van der Waals surface area contributed by atoms with Crippen molar-refractivity contribution in [3.8, 4) is 0 Å². The zero-order valence-electron chi connectivity index (χ0n) is 4.94. The van der Waals surface area contributed by atoms with E-state index in [1.807, 2.05) is 0 Å². The largest absolute Gasteiger partial charge is 0.310 e. The lowest BCUT2D eigenvalue weighted by Crippen LogP contribution is -2.11. The van der Waals surface area contributed by atoms with Crippen molar-refractivity contribution in [1.82, 2.24) is 5.43 Å². The summed E-state index contributed by atoms with van der Waals surface area (Å²) >= 11 is 0. The Morgan fingerprint density at radius 2 is 2.29 bits per heavy atom. The topological polar surface area (TPSA) is 24.4 Å². The van der Waals surface area contributed by atoms with Gasteiger partial charge >= 0.3 is 0 Å². The Kier molecular flexibility index (Phi) is 3.38. The molecular weight excluding hydrogens is 88.1 g/mol. The maximum atomic E-state index is 3.48. The molecule has 0 radical (unpaired) electrons. The normalized spacial score (nSPS) is 9.00. The molecule has 0 saturated heterocycles. The molecule has 0 spiro atoms. The molecule has 0 aliphatic rings. The van der Waals surface area contributed by atoms with E-state index in [0.717, 1.165) is 6.54 Å². The number of hydrogen-bond acceptors (Lipinski definition) is 2. The predicted molar refractivity (Wildman–Crippen MR) is 32.4 cm³/mol. The summed E-state index contributed by atoms with van der Waals surface area (Å²) in [5.41, 5.74) is 2.76. The van der Waals surface area contributed by atoms with Crippen molar-refractivity contribution in [2.24, 2.45) is 11.0 Å². The molecule has 0 aromatic carbocycles. The lowest BCUT2D eigenvalue weighted by Gasteiger charge is -2.00. The van der Waals surface area contributed by atoms with Crippen molar-refractivity contribution < 1.29 is 0 Å². The molecule has 0 saturated carbocycles. The molecular formula is C5H12N2. The predicted octanol–water partition coefficient (Wildman–Crippen LogP) is 0.848. The van der Waals surface area contributed by atoms with Crippen LogP contribution in [0.15, 0.2) is 5.10 Å². The minimum atomic E-state index is 0.658. The summed E-state index contributed by atoms with van der Waals surface area (Å²) in [6.07, 6.45) is 0. The van der Waals surface area contributed by atoms with Crippen LogP contribution in [-0.4, -0.2) is 13.3 Å². The molecule has 2 heteroatoms. The van der Waals surface area contributed by atoms with E-state index in [1.165, 1.54) is 0 Å². The number of nitrogens with zero attached hydrogens (tertiary/aromatic N) is 1. The van der Waals surface area contributed by atoms with Gasteiger partial charge in [0.15, 0.2) is 0 Å². The Bertz CT molecular complexity index is 50.0. The minimum Gasteiger partial charge on any atom is -0.310 e. The first-order valence-corrected chi connectivity index (χ1v) is 2.46. The van der Waals surface area contributed by atoms with E-state index in [9.17, 15) is 0 Å². The molecule has 0 amide bonds. The highest BCUT2D eigenvalue weighted by molar-refractivity contribution is 5.22. The highest BCUT2D eigenvalue weighted by Gasteiger charge is 1.86. The molecule has 0 aromatic heterocycles. The summed E-state index contributed by atoms with van der Waals surface area (Å²) in [6.45, 7) is 8.44. The van der Waals surface area contributed by atoms with Gasteiger partial charge in [0.1, 0.15) is 0 Å². The third-order valence-corrected chi connectivity index (χ3v) is 0.611. The number of hydrazone groups is 1. The van der Waals surface area contributed by atoms with Gasteiger partial charge in [-0.1, -0.05) is 13.8 Å². The second-order valence-corrected chi connectivity index (χ2v) is 1.91. The number of rotatable bonds is 3. The molecule has 0 rings (SSSR count). The van der Waals surface area contributed by atoms with Gasteiger partial charge < -0.3 is 5.43 Å². The Morgan fingerprint density at radius 3 is 2.43 bits per heavy atom. The SMILES string of the molecule is C=NNCC(C)C. The molecule has 42 valence electrons. The quantitative estimate of drug-likeness (QED) is 0.412. The average Bonchev–Trinajstić information content (AvgIpc) is 1.61. The van der Waals surface area contributed by atoms with Crippen molar-refractivity contribution in [1.29, 1.82) is 0 Å². The van der Waals surface area contributed by atoms with Gasteiger partial charge in [0.05, 0.1) is 0 Å². The summed E-state index contributed by atoms with van der Waals surface area (Å²) in [5, 5.41) is 3.48. The maximum absolute atomic E-state index is 3.48. The summed E-state index contributed by atoms with van der Waals surface area (Å²) in [5.74, 6) is 0.658. The van der Waals surface area contributed by atoms with E-state index < -0.39 is 0 Å². The smallest absolute Gasteiger partial charge is 0.0352 e. The van der Waals surface area contributed by atoms with Crippen molar-refractivity contribution >= 4 is 6.72 Å². The Hall–Kier alpha value is -0.530. The summed E-state index contributed by atoms with van der Waals surface area (Å²) in [4.78, 5) is 0. The fraction of sp³-hybridized carbons (Fsp3) is 0.800. The molecule has 0 aliphatic heterocycles. The molecule has 0 aliphatic carbocycles. The van der Waals surface area contributed by atoms with Crippen LogP contribution < -0.4 is 5.43 Å².